The molecule has 152 valence electrons. The number of para-hydroxylation sites is 2. The van der Waals surface area contributed by atoms with Crippen molar-refractivity contribution in [2.45, 2.75) is 37.8 Å². The highest BCUT2D eigenvalue weighted by atomic mass is 16.5. The Morgan fingerprint density at radius 1 is 1.07 bits per heavy atom. The molecule has 2 aromatic rings. The number of nitrogens with zero attached hydrogens (tertiary/aromatic N) is 2. The highest BCUT2D eigenvalue weighted by molar-refractivity contribution is 5.78. The van der Waals surface area contributed by atoms with E-state index in [0.29, 0.717) is 19.2 Å². The lowest BCUT2D eigenvalue weighted by Crippen LogP contribution is -2.45. The third-order valence-corrected chi connectivity index (χ3v) is 6.55. The first kappa shape index (κ1) is 18.5. The zero-order valence-corrected chi connectivity index (χ0v) is 16.8. The molecule has 0 aromatic heterocycles. The van der Waals surface area contributed by atoms with Gasteiger partial charge in [-0.05, 0) is 43.5 Å². The molecule has 5 heteroatoms. The van der Waals surface area contributed by atoms with Gasteiger partial charge in [-0.2, -0.15) is 0 Å². The monoisotopic (exact) mass is 391 g/mol. The lowest BCUT2D eigenvalue weighted by Gasteiger charge is -2.31. The Bertz CT molecular complexity index is 884. The van der Waals surface area contributed by atoms with Crippen LogP contribution in [0.25, 0.3) is 0 Å². The molecule has 5 nitrogen and oxygen atoms in total. The van der Waals surface area contributed by atoms with E-state index in [1.54, 1.807) is 0 Å². The van der Waals surface area contributed by atoms with Gasteiger partial charge in [0.15, 0.2) is 0 Å². The van der Waals surface area contributed by atoms with E-state index < -0.39 is 0 Å². The van der Waals surface area contributed by atoms with Crippen LogP contribution in [-0.4, -0.2) is 49.6 Å². The minimum Gasteiger partial charge on any atom is -0.493 e. The third kappa shape index (κ3) is 3.84. The number of carbonyl (C=O) groups excluding carboxylic acids is 1. The Kier molecular flexibility index (Phi) is 5.15. The van der Waals surface area contributed by atoms with Crippen LogP contribution in [0.15, 0.2) is 48.5 Å². The lowest BCUT2D eigenvalue weighted by atomic mass is 10.0. The average Bonchev–Trinajstić information content (AvgIpc) is 3.36. The normalized spacial score (nSPS) is 23.4. The van der Waals surface area contributed by atoms with Crippen molar-refractivity contribution in [1.29, 1.82) is 0 Å². The lowest BCUT2D eigenvalue weighted by molar-refractivity contribution is -0.123. The van der Waals surface area contributed by atoms with E-state index >= 15 is 0 Å². The van der Waals surface area contributed by atoms with Gasteiger partial charge in [-0.1, -0.05) is 36.4 Å². The van der Waals surface area contributed by atoms with E-state index in [-0.39, 0.29) is 11.9 Å². The highest BCUT2D eigenvalue weighted by Gasteiger charge is 2.31. The summed E-state index contributed by atoms with van der Waals surface area (Å²) in [4.78, 5) is 17.7. The van der Waals surface area contributed by atoms with Gasteiger partial charge in [-0.3, -0.25) is 9.69 Å². The van der Waals surface area contributed by atoms with Crippen molar-refractivity contribution < 1.29 is 9.53 Å². The van der Waals surface area contributed by atoms with Crippen molar-refractivity contribution in [2.24, 2.45) is 0 Å². The quantitative estimate of drug-likeness (QED) is 0.851. The molecule has 0 unspecified atom stereocenters. The number of amides is 1. The molecular formula is C24H29N3O2. The fourth-order valence-electron chi connectivity index (χ4n) is 5.08. The molecule has 3 aliphatic rings. The van der Waals surface area contributed by atoms with E-state index in [9.17, 15) is 4.79 Å². The van der Waals surface area contributed by atoms with Gasteiger partial charge in [-0.25, -0.2) is 0 Å². The fraction of sp³-hybridized carbons (Fsp3) is 0.458. The standard InChI is InChI=1S/C24H29N3O2/c28-24(25-21-12-15-29-23-10-4-2-8-20(21)23)17-26-13-5-7-19(26)16-27-14-11-18-6-1-3-9-22(18)27/h1-4,6,8-10,19,21H,5,7,11-17H2,(H,25,28)/t19-,21+/m1/s1. The third-order valence-electron chi connectivity index (χ3n) is 6.55. The van der Waals surface area contributed by atoms with Crippen LogP contribution in [-0.2, 0) is 11.2 Å². The number of nitrogens with one attached hydrogen (secondary N) is 1. The summed E-state index contributed by atoms with van der Waals surface area (Å²) in [6.07, 6.45) is 4.31. The molecule has 29 heavy (non-hydrogen) atoms. The van der Waals surface area contributed by atoms with Gasteiger partial charge in [0.25, 0.3) is 0 Å². The summed E-state index contributed by atoms with van der Waals surface area (Å²) < 4.78 is 5.72. The minimum atomic E-state index is 0.0546. The van der Waals surface area contributed by atoms with Crippen molar-refractivity contribution in [1.82, 2.24) is 10.2 Å². The number of fused-ring (bicyclic) bond motifs is 2. The van der Waals surface area contributed by atoms with Crippen molar-refractivity contribution in [2.75, 3.05) is 37.7 Å². The topological polar surface area (TPSA) is 44.8 Å². The van der Waals surface area contributed by atoms with Gasteiger partial charge in [0.05, 0.1) is 19.2 Å². The van der Waals surface area contributed by atoms with E-state index in [0.717, 1.165) is 43.8 Å². The predicted molar refractivity (Wildman–Crippen MR) is 114 cm³/mol. The van der Waals surface area contributed by atoms with Crippen LogP contribution in [0.5, 0.6) is 5.75 Å². The van der Waals surface area contributed by atoms with Crippen molar-refractivity contribution in [3.63, 3.8) is 0 Å². The maximum atomic E-state index is 12.9. The molecule has 2 atom stereocenters. The maximum Gasteiger partial charge on any atom is 0.234 e. The largest absolute Gasteiger partial charge is 0.493 e. The Hall–Kier alpha value is -2.53. The first-order chi connectivity index (χ1) is 14.3. The average molecular weight is 392 g/mol. The Morgan fingerprint density at radius 2 is 1.93 bits per heavy atom. The van der Waals surface area contributed by atoms with Crippen LogP contribution >= 0.6 is 0 Å². The first-order valence-electron chi connectivity index (χ1n) is 10.9. The summed E-state index contributed by atoms with van der Waals surface area (Å²) in [5.74, 6) is 1.02. The molecule has 2 aromatic carbocycles. The van der Waals surface area contributed by atoms with Crippen LogP contribution in [0.3, 0.4) is 0 Å². The zero-order chi connectivity index (χ0) is 19.6. The Balaban J connectivity index is 1.20. The number of hydrogen-bond donors (Lipinski definition) is 1. The number of rotatable bonds is 5. The van der Waals surface area contributed by atoms with E-state index in [1.165, 1.54) is 24.1 Å². The number of carbonyl (C=O) groups is 1. The smallest absolute Gasteiger partial charge is 0.234 e. The summed E-state index contributed by atoms with van der Waals surface area (Å²) in [6.45, 7) is 4.26. The molecule has 0 aliphatic carbocycles. The molecule has 1 fully saturated rings. The van der Waals surface area contributed by atoms with Crippen LogP contribution < -0.4 is 15.0 Å². The molecule has 0 radical (unpaired) electrons. The van der Waals surface area contributed by atoms with Gasteiger partial charge in [0.2, 0.25) is 5.91 Å². The summed E-state index contributed by atoms with van der Waals surface area (Å²) >= 11 is 0. The van der Waals surface area contributed by atoms with Gasteiger partial charge in [0, 0.05) is 36.8 Å². The van der Waals surface area contributed by atoms with Crippen molar-refractivity contribution >= 4 is 11.6 Å². The van der Waals surface area contributed by atoms with Crippen molar-refractivity contribution in [3.05, 3.63) is 59.7 Å². The van der Waals surface area contributed by atoms with E-state index in [2.05, 4.69) is 45.4 Å². The summed E-state index contributed by atoms with van der Waals surface area (Å²) in [7, 11) is 0. The molecule has 1 amide bonds. The van der Waals surface area contributed by atoms with Crippen LogP contribution in [0.2, 0.25) is 0 Å². The van der Waals surface area contributed by atoms with Crippen LogP contribution in [0.1, 0.15) is 36.4 Å². The Labute approximate surface area is 172 Å². The van der Waals surface area contributed by atoms with Gasteiger partial charge in [0.1, 0.15) is 5.75 Å². The second-order valence-electron chi connectivity index (χ2n) is 8.39. The van der Waals surface area contributed by atoms with Gasteiger partial charge < -0.3 is 15.0 Å². The van der Waals surface area contributed by atoms with Crippen LogP contribution in [0, 0.1) is 0 Å². The summed E-state index contributed by atoms with van der Waals surface area (Å²) in [6, 6.07) is 17.3. The fourth-order valence-corrected chi connectivity index (χ4v) is 5.08. The molecule has 5 rings (SSSR count). The number of benzene rings is 2. The second kappa shape index (κ2) is 8.07. The first-order valence-corrected chi connectivity index (χ1v) is 10.9. The second-order valence-corrected chi connectivity index (χ2v) is 8.39. The summed E-state index contributed by atoms with van der Waals surface area (Å²) in [5, 5.41) is 3.26. The number of likely N-dealkylation sites (tertiary alicyclic amines) is 1. The molecule has 0 spiro atoms. The summed E-state index contributed by atoms with van der Waals surface area (Å²) in [5.41, 5.74) is 3.93. The van der Waals surface area contributed by atoms with Gasteiger partial charge in [-0.15, -0.1) is 0 Å². The van der Waals surface area contributed by atoms with Crippen LogP contribution in [0.4, 0.5) is 5.69 Å². The molecule has 0 bridgehead atoms. The number of ether oxygens (including phenoxy) is 1. The minimum absolute atomic E-state index is 0.0546. The zero-order valence-electron chi connectivity index (χ0n) is 16.8. The molecule has 3 heterocycles. The predicted octanol–water partition coefficient (Wildman–Crippen LogP) is 3.15. The SMILES string of the molecule is O=C(CN1CCC[C@@H]1CN1CCc2ccccc21)N[C@H]1CCOc2ccccc21. The molecule has 3 aliphatic heterocycles. The molecule has 1 N–H and O–H groups in total. The Morgan fingerprint density at radius 3 is 2.90 bits per heavy atom. The highest BCUT2D eigenvalue weighted by Crippen LogP contribution is 2.32. The number of anilines is 1. The molecule has 1 saturated heterocycles. The van der Waals surface area contributed by atoms with E-state index in [4.69, 9.17) is 4.74 Å². The molecule has 0 saturated carbocycles. The number of hydrogen-bond acceptors (Lipinski definition) is 4. The van der Waals surface area contributed by atoms with E-state index in [1.807, 2.05) is 18.2 Å². The maximum absolute atomic E-state index is 12.9. The van der Waals surface area contributed by atoms with Gasteiger partial charge >= 0.3 is 0 Å². The molecular weight excluding hydrogens is 362 g/mol. The van der Waals surface area contributed by atoms with Crippen molar-refractivity contribution in [3.8, 4) is 5.75 Å².